The van der Waals surface area contributed by atoms with E-state index < -0.39 is 5.60 Å². The first-order valence-electron chi connectivity index (χ1n) is 8.13. The van der Waals surface area contributed by atoms with Crippen molar-refractivity contribution in [2.24, 2.45) is 0 Å². The number of carbonyl (C=O) groups is 1. The predicted molar refractivity (Wildman–Crippen MR) is 91.0 cm³/mol. The molecule has 1 aliphatic rings. The second-order valence-electron chi connectivity index (χ2n) is 6.82. The number of nitrogens with zero attached hydrogens (tertiary/aromatic N) is 1. The molecule has 1 saturated heterocycles. The van der Waals surface area contributed by atoms with Crippen LogP contribution in [-0.4, -0.2) is 53.3 Å². The van der Waals surface area contributed by atoms with Gasteiger partial charge >= 0.3 is 6.09 Å². The van der Waals surface area contributed by atoms with Gasteiger partial charge in [0.1, 0.15) is 5.60 Å². The highest BCUT2D eigenvalue weighted by Crippen LogP contribution is 2.16. The van der Waals surface area contributed by atoms with E-state index in [9.17, 15) is 4.79 Å². The number of hydrogen-bond acceptors (Lipinski definition) is 4. The molecule has 1 N–H and O–H groups in total. The fourth-order valence-corrected chi connectivity index (χ4v) is 3.20. The van der Waals surface area contributed by atoms with Crippen molar-refractivity contribution >= 4 is 17.9 Å². The first kappa shape index (κ1) is 18.6. The van der Waals surface area contributed by atoms with Crippen molar-refractivity contribution in [2.75, 3.05) is 24.6 Å². The Kier molecular flexibility index (Phi) is 7.88. The number of thioether (sulfide) groups is 1. The zero-order valence-corrected chi connectivity index (χ0v) is 15.1. The van der Waals surface area contributed by atoms with Gasteiger partial charge in [0.2, 0.25) is 0 Å². The Morgan fingerprint density at radius 3 is 2.71 bits per heavy atom. The van der Waals surface area contributed by atoms with Gasteiger partial charge in [-0.05, 0) is 52.7 Å². The first-order valence-corrected chi connectivity index (χ1v) is 9.29. The minimum atomic E-state index is -0.410. The van der Waals surface area contributed by atoms with Gasteiger partial charge in [0.05, 0.1) is 0 Å². The third kappa shape index (κ3) is 7.96. The summed E-state index contributed by atoms with van der Waals surface area (Å²) in [6.07, 6.45) is 3.03. The van der Waals surface area contributed by atoms with Crippen LogP contribution in [0.4, 0.5) is 4.79 Å². The van der Waals surface area contributed by atoms with Crippen molar-refractivity contribution in [3.05, 3.63) is 0 Å². The summed E-state index contributed by atoms with van der Waals surface area (Å²) in [5, 5.41) is 3.70. The highest BCUT2D eigenvalue weighted by atomic mass is 32.2. The second kappa shape index (κ2) is 8.89. The van der Waals surface area contributed by atoms with Crippen LogP contribution < -0.4 is 5.32 Å². The van der Waals surface area contributed by atoms with E-state index in [0.29, 0.717) is 12.1 Å². The molecule has 0 saturated carbocycles. The largest absolute Gasteiger partial charge is 0.444 e. The van der Waals surface area contributed by atoms with Gasteiger partial charge in [-0.1, -0.05) is 6.92 Å². The molecule has 1 amide bonds. The van der Waals surface area contributed by atoms with Crippen LogP contribution in [0, 0.1) is 0 Å². The molecule has 0 bridgehead atoms. The first-order chi connectivity index (χ1) is 9.81. The van der Waals surface area contributed by atoms with E-state index in [1.807, 2.05) is 37.4 Å². The number of hydrogen-bond donors (Lipinski definition) is 1. The molecular weight excluding hydrogens is 284 g/mol. The summed E-state index contributed by atoms with van der Waals surface area (Å²) in [5.74, 6) is 2.33. The molecule has 21 heavy (non-hydrogen) atoms. The molecule has 4 nitrogen and oxygen atoms in total. The maximum Gasteiger partial charge on any atom is 0.410 e. The zero-order valence-electron chi connectivity index (χ0n) is 14.3. The molecule has 124 valence electrons. The molecule has 1 rings (SSSR count). The van der Waals surface area contributed by atoms with Crippen LogP contribution >= 0.6 is 11.8 Å². The van der Waals surface area contributed by atoms with Crippen LogP contribution in [0.1, 0.15) is 53.9 Å². The Bertz CT molecular complexity index is 318. The van der Waals surface area contributed by atoms with Crippen LogP contribution in [0.5, 0.6) is 0 Å². The topological polar surface area (TPSA) is 41.6 Å². The van der Waals surface area contributed by atoms with E-state index in [-0.39, 0.29) is 6.09 Å². The maximum absolute atomic E-state index is 12.1. The van der Waals surface area contributed by atoms with Gasteiger partial charge in [-0.2, -0.15) is 11.8 Å². The smallest absolute Gasteiger partial charge is 0.410 e. The summed E-state index contributed by atoms with van der Waals surface area (Å²) >= 11 is 1.97. The number of rotatable bonds is 5. The van der Waals surface area contributed by atoms with Gasteiger partial charge in [0.15, 0.2) is 0 Å². The van der Waals surface area contributed by atoms with E-state index in [2.05, 4.69) is 19.2 Å². The summed E-state index contributed by atoms with van der Waals surface area (Å²) in [6, 6.07) is 1.05. The van der Waals surface area contributed by atoms with Gasteiger partial charge in [-0.15, -0.1) is 0 Å². The summed E-state index contributed by atoms with van der Waals surface area (Å²) < 4.78 is 5.47. The summed E-state index contributed by atoms with van der Waals surface area (Å²) in [4.78, 5) is 14.0. The van der Waals surface area contributed by atoms with Crippen molar-refractivity contribution in [1.82, 2.24) is 10.2 Å². The minimum absolute atomic E-state index is 0.169. The Morgan fingerprint density at radius 2 is 2.10 bits per heavy atom. The molecular formula is C16H32N2O2S. The number of nitrogens with one attached hydrogen (secondary N) is 1. The summed E-state index contributed by atoms with van der Waals surface area (Å²) in [7, 11) is 0. The van der Waals surface area contributed by atoms with Gasteiger partial charge in [-0.3, -0.25) is 0 Å². The van der Waals surface area contributed by atoms with Gasteiger partial charge in [-0.25, -0.2) is 4.79 Å². The Labute approximate surface area is 134 Å². The van der Waals surface area contributed by atoms with Crippen molar-refractivity contribution in [3.8, 4) is 0 Å². The Morgan fingerprint density at radius 1 is 1.38 bits per heavy atom. The molecule has 0 spiro atoms. The normalized spacial score (nSPS) is 21.8. The minimum Gasteiger partial charge on any atom is -0.444 e. The standard InChI is InChI=1S/C16H32N2O2S/c1-6-21-12-13(2)17-14-8-7-10-18(11-9-14)15(19)20-16(3,4)5/h13-14,17H,6-12H2,1-5H3. The molecule has 1 fully saturated rings. The number of ether oxygens (including phenoxy) is 1. The summed E-state index contributed by atoms with van der Waals surface area (Å²) in [6.45, 7) is 11.8. The van der Waals surface area contributed by atoms with Crippen LogP contribution in [0.2, 0.25) is 0 Å². The highest BCUT2D eigenvalue weighted by Gasteiger charge is 2.25. The monoisotopic (exact) mass is 316 g/mol. The van der Waals surface area contributed by atoms with Crippen molar-refractivity contribution in [3.63, 3.8) is 0 Å². The van der Waals surface area contributed by atoms with Gasteiger partial charge < -0.3 is 15.0 Å². The third-order valence-corrected chi connectivity index (χ3v) is 4.62. The maximum atomic E-state index is 12.1. The fraction of sp³-hybridized carbons (Fsp3) is 0.938. The average Bonchev–Trinajstić information content (AvgIpc) is 2.60. The van der Waals surface area contributed by atoms with Crippen molar-refractivity contribution < 1.29 is 9.53 Å². The third-order valence-electron chi connectivity index (χ3n) is 3.47. The van der Waals surface area contributed by atoms with Crippen LogP contribution in [0.15, 0.2) is 0 Å². The van der Waals surface area contributed by atoms with Gasteiger partial charge in [0.25, 0.3) is 0 Å². The molecule has 5 heteroatoms. The zero-order chi connectivity index (χ0) is 15.9. The van der Waals surface area contributed by atoms with E-state index >= 15 is 0 Å². The molecule has 1 aliphatic heterocycles. The summed E-state index contributed by atoms with van der Waals surface area (Å²) in [5.41, 5.74) is -0.410. The molecule has 0 aliphatic carbocycles. The fourth-order valence-electron chi connectivity index (χ4n) is 2.52. The van der Waals surface area contributed by atoms with E-state index in [1.165, 1.54) is 5.75 Å². The lowest BCUT2D eigenvalue weighted by atomic mass is 10.1. The number of amides is 1. The van der Waals surface area contributed by atoms with E-state index in [4.69, 9.17) is 4.74 Å². The van der Waals surface area contributed by atoms with Crippen LogP contribution in [0.3, 0.4) is 0 Å². The van der Waals surface area contributed by atoms with Crippen molar-refractivity contribution in [2.45, 2.75) is 71.6 Å². The number of carbonyl (C=O) groups excluding carboxylic acids is 1. The number of likely N-dealkylation sites (tertiary alicyclic amines) is 1. The van der Waals surface area contributed by atoms with Crippen LogP contribution in [-0.2, 0) is 4.74 Å². The van der Waals surface area contributed by atoms with E-state index in [0.717, 1.165) is 38.1 Å². The Balaban J connectivity index is 2.38. The highest BCUT2D eigenvalue weighted by molar-refractivity contribution is 7.99. The average molecular weight is 317 g/mol. The van der Waals surface area contributed by atoms with E-state index in [1.54, 1.807) is 0 Å². The van der Waals surface area contributed by atoms with Crippen molar-refractivity contribution in [1.29, 1.82) is 0 Å². The Hall–Kier alpha value is -0.420. The van der Waals surface area contributed by atoms with Crippen LogP contribution in [0.25, 0.3) is 0 Å². The lowest BCUT2D eigenvalue weighted by Gasteiger charge is -2.26. The molecule has 2 atom stereocenters. The SMILES string of the molecule is CCSCC(C)NC1CCCN(C(=O)OC(C)(C)C)CC1. The van der Waals surface area contributed by atoms with Gasteiger partial charge in [0, 0.05) is 30.9 Å². The molecule has 0 aromatic rings. The second-order valence-corrected chi connectivity index (χ2v) is 8.14. The molecule has 0 aromatic heterocycles. The molecule has 0 radical (unpaired) electrons. The molecule has 0 aromatic carbocycles. The predicted octanol–water partition coefficient (Wildman–Crippen LogP) is 3.51. The quantitative estimate of drug-likeness (QED) is 0.843. The molecule has 2 unspecified atom stereocenters. The lowest BCUT2D eigenvalue weighted by Crippen LogP contribution is -2.40. The molecule has 1 heterocycles. The lowest BCUT2D eigenvalue weighted by molar-refractivity contribution is 0.0256.